The van der Waals surface area contributed by atoms with Crippen LogP contribution in [0.2, 0.25) is 0 Å². The van der Waals surface area contributed by atoms with Crippen LogP contribution in [0.4, 0.5) is 0 Å². The Morgan fingerprint density at radius 3 is 0.613 bits per heavy atom. The molecule has 0 fully saturated rings. The highest BCUT2D eigenvalue weighted by atomic mass is 31.2. The van der Waals surface area contributed by atoms with Crippen LogP contribution in [0.15, 0.2) is 0 Å². The van der Waals surface area contributed by atoms with Gasteiger partial charge in [-0.25, -0.2) is 9.13 Å². The summed E-state index contributed by atoms with van der Waals surface area (Å²) in [5.74, 6) is -1.27. The first-order valence-corrected chi connectivity index (χ1v) is 50.6. The van der Waals surface area contributed by atoms with Crippen LogP contribution in [-0.2, 0) is 65.4 Å². The van der Waals surface area contributed by atoms with E-state index >= 15 is 0 Å². The number of hydrogen-bond acceptors (Lipinski definition) is 15. The zero-order valence-corrected chi connectivity index (χ0v) is 74.9. The van der Waals surface area contributed by atoms with Crippen molar-refractivity contribution in [2.24, 2.45) is 5.92 Å². The van der Waals surface area contributed by atoms with Crippen molar-refractivity contribution >= 4 is 39.5 Å². The smallest absolute Gasteiger partial charge is 0.462 e. The van der Waals surface area contributed by atoms with Gasteiger partial charge >= 0.3 is 39.5 Å². The predicted octanol–water partition coefficient (Wildman–Crippen LogP) is 28.7. The molecule has 19 heteroatoms. The number of carbonyl (C=O) groups is 4. The van der Waals surface area contributed by atoms with Gasteiger partial charge in [0.2, 0.25) is 0 Å². The minimum Gasteiger partial charge on any atom is -0.462 e. The number of aliphatic hydroxyl groups excluding tert-OH is 1. The topological polar surface area (TPSA) is 237 Å². The van der Waals surface area contributed by atoms with E-state index in [1.54, 1.807) is 0 Å². The minimum atomic E-state index is -4.97. The zero-order chi connectivity index (χ0) is 81.1. The first-order chi connectivity index (χ1) is 54.0. The normalized spacial score (nSPS) is 13.7. The van der Waals surface area contributed by atoms with E-state index in [1.807, 2.05) is 0 Å². The SMILES string of the molecule is CCCCCCCCCCCCCCCCCCCCCCCC(=O)OC[C@H](COP(=O)(O)OC[C@@H](O)COP(=O)(O)OC[C@@H](COC(=O)CCCCCCCCCCCC)OC(=O)CCCCCCCCCCCCCCCCCCCCC)OC(=O)CCCCCCCCCCCCCCCCCCCCC(C)C. The van der Waals surface area contributed by atoms with E-state index in [0.717, 1.165) is 95.8 Å². The number of phosphoric ester groups is 2. The summed E-state index contributed by atoms with van der Waals surface area (Å²) in [4.78, 5) is 73.4. The van der Waals surface area contributed by atoms with Crippen molar-refractivity contribution in [1.82, 2.24) is 0 Å². The van der Waals surface area contributed by atoms with Gasteiger partial charge in [0.15, 0.2) is 12.2 Å². The fourth-order valence-corrected chi connectivity index (χ4v) is 16.1. The van der Waals surface area contributed by atoms with Crippen molar-refractivity contribution in [2.75, 3.05) is 39.6 Å². The zero-order valence-electron chi connectivity index (χ0n) is 73.1. The maximum Gasteiger partial charge on any atom is 0.472 e. The van der Waals surface area contributed by atoms with Gasteiger partial charge in [-0.05, 0) is 31.6 Å². The Balaban J connectivity index is 5.21. The fraction of sp³-hybridized carbons (Fsp3) is 0.957. The number of unbranched alkanes of at least 4 members (excludes halogenated alkanes) is 64. The summed E-state index contributed by atoms with van der Waals surface area (Å²) < 4.78 is 69.1. The van der Waals surface area contributed by atoms with Gasteiger partial charge < -0.3 is 33.8 Å². The van der Waals surface area contributed by atoms with E-state index in [2.05, 4.69) is 34.6 Å². The molecule has 0 aromatic carbocycles. The van der Waals surface area contributed by atoms with Gasteiger partial charge in [0.25, 0.3) is 0 Å². The molecule has 0 aromatic rings. The standard InChI is InChI=1S/C92H180O17P2/c1-6-9-12-15-18-21-24-26-28-30-32-33-35-39-43-47-51-56-61-66-71-76-90(95)103-82-88(109-92(97)78-73-68-63-58-53-49-45-41-37-36-38-42-46-50-54-59-64-69-74-85(4)5)84-107-111(100,101)105-80-86(93)79-104-110(98,99)106-83-87(81-102-89(94)75-70-65-60-55-23-20-17-14-11-8-3)108-91(96)77-72-67-62-57-52-48-44-40-34-31-29-27-25-22-19-16-13-10-7-2/h85-88,93H,6-84H2,1-5H3,(H,98,99)(H,100,101)/t86-,87+,88+/m0/s1. The lowest BCUT2D eigenvalue weighted by molar-refractivity contribution is -0.161. The molecule has 0 amide bonds. The Hall–Kier alpha value is -1.94. The summed E-state index contributed by atoms with van der Waals surface area (Å²) in [6.07, 6.45) is 80.7. The Morgan fingerprint density at radius 2 is 0.414 bits per heavy atom. The minimum absolute atomic E-state index is 0.109. The average Bonchev–Trinajstić information content (AvgIpc) is 0.898. The van der Waals surface area contributed by atoms with Crippen LogP contribution in [-0.4, -0.2) is 96.7 Å². The molecule has 0 saturated carbocycles. The lowest BCUT2D eigenvalue weighted by atomic mass is 10.0. The first kappa shape index (κ1) is 109. The number of phosphoric acid groups is 2. The first-order valence-electron chi connectivity index (χ1n) is 47.6. The molecule has 0 radical (unpaired) electrons. The molecule has 0 rings (SSSR count). The molecule has 3 N–H and O–H groups in total. The number of esters is 4. The molecule has 0 bridgehead atoms. The van der Waals surface area contributed by atoms with Crippen molar-refractivity contribution in [3.8, 4) is 0 Å². The molecule has 5 atom stereocenters. The van der Waals surface area contributed by atoms with Crippen LogP contribution in [0.25, 0.3) is 0 Å². The van der Waals surface area contributed by atoms with Gasteiger partial charge in [-0.1, -0.05) is 452 Å². The molecule has 17 nitrogen and oxygen atoms in total. The number of aliphatic hydroxyl groups is 1. The average molecular weight is 1620 g/mol. The second kappa shape index (κ2) is 84.5. The van der Waals surface area contributed by atoms with Crippen molar-refractivity contribution in [1.29, 1.82) is 0 Å². The summed E-state index contributed by atoms with van der Waals surface area (Å²) in [5.41, 5.74) is 0. The van der Waals surface area contributed by atoms with Gasteiger partial charge in [0.05, 0.1) is 26.4 Å². The number of rotatable bonds is 92. The van der Waals surface area contributed by atoms with E-state index in [9.17, 15) is 43.2 Å². The third-order valence-electron chi connectivity index (χ3n) is 21.8. The highest BCUT2D eigenvalue weighted by molar-refractivity contribution is 7.47. The molecular weight excluding hydrogens is 1440 g/mol. The molecule has 0 aliphatic carbocycles. The number of carbonyl (C=O) groups excluding carboxylic acids is 4. The summed E-state index contributed by atoms with van der Waals surface area (Å²) >= 11 is 0. The predicted molar refractivity (Wildman–Crippen MR) is 460 cm³/mol. The summed E-state index contributed by atoms with van der Waals surface area (Å²) in [5, 5.41) is 10.7. The van der Waals surface area contributed by atoms with E-state index in [-0.39, 0.29) is 25.7 Å². The van der Waals surface area contributed by atoms with Crippen LogP contribution < -0.4 is 0 Å². The monoisotopic (exact) mass is 1620 g/mol. The van der Waals surface area contributed by atoms with Crippen LogP contribution in [0, 0.1) is 5.92 Å². The van der Waals surface area contributed by atoms with Crippen LogP contribution in [0.3, 0.4) is 0 Å². The molecular formula is C92H180O17P2. The second-order valence-electron chi connectivity index (χ2n) is 33.5. The summed E-state index contributed by atoms with van der Waals surface area (Å²) in [6.45, 7) is 7.43. The lowest BCUT2D eigenvalue weighted by Crippen LogP contribution is -2.30. The maximum absolute atomic E-state index is 13.2. The van der Waals surface area contributed by atoms with Crippen LogP contribution in [0.5, 0.6) is 0 Å². The third kappa shape index (κ3) is 85.8. The Labute approximate surface area is 683 Å². The number of hydrogen-bond donors (Lipinski definition) is 3. The molecule has 0 aromatic heterocycles. The number of ether oxygens (including phenoxy) is 4. The Kier molecular flexibility index (Phi) is 83.0. The summed E-state index contributed by atoms with van der Waals surface area (Å²) in [7, 11) is -9.93. The van der Waals surface area contributed by atoms with Crippen molar-refractivity contribution in [3.63, 3.8) is 0 Å². The van der Waals surface area contributed by atoms with Gasteiger partial charge in [-0.2, -0.15) is 0 Å². The molecule has 0 saturated heterocycles. The largest absolute Gasteiger partial charge is 0.472 e. The van der Waals surface area contributed by atoms with Crippen molar-refractivity contribution in [2.45, 2.75) is 522 Å². The molecule has 0 spiro atoms. The quantitative estimate of drug-likeness (QED) is 0.0222. The third-order valence-corrected chi connectivity index (χ3v) is 23.7. The van der Waals surface area contributed by atoms with Crippen LogP contribution >= 0.6 is 15.6 Å². The summed E-state index contributed by atoms with van der Waals surface area (Å²) in [6, 6.07) is 0. The second-order valence-corrected chi connectivity index (χ2v) is 36.4. The van der Waals surface area contributed by atoms with E-state index < -0.39 is 97.5 Å². The van der Waals surface area contributed by atoms with Crippen LogP contribution in [0.1, 0.15) is 503 Å². The van der Waals surface area contributed by atoms with Gasteiger partial charge in [0.1, 0.15) is 19.3 Å². The van der Waals surface area contributed by atoms with E-state index in [1.165, 1.54) is 327 Å². The van der Waals surface area contributed by atoms with E-state index in [0.29, 0.717) is 25.7 Å². The Morgan fingerprint density at radius 1 is 0.243 bits per heavy atom. The molecule has 0 heterocycles. The maximum atomic E-state index is 13.2. The highest BCUT2D eigenvalue weighted by Gasteiger charge is 2.31. The molecule has 0 aliphatic heterocycles. The van der Waals surface area contributed by atoms with E-state index in [4.69, 9.17) is 37.0 Å². The molecule has 111 heavy (non-hydrogen) atoms. The highest BCUT2D eigenvalue weighted by Crippen LogP contribution is 2.45. The van der Waals surface area contributed by atoms with Gasteiger partial charge in [-0.3, -0.25) is 37.3 Å². The molecule has 0 aliphatic rings. The molecule has 660 valence electrons. The lowest BCUT2D eigenvalue weighted by Gasteiger charge is -2.21. The van der Waals surface area contributed by atoms with Crippen molar-refractivity contribution < 1.29 is 80.2 Å². The Bertz CT molecular complexity index is 2100. The van der Waals surface area contributed by atoms with Crippen molar-refractivity contribution in [3.05, 3.63) is 0 Å². The fourth-order valence-electron chi connectivity index (χ4n) is 14.5. The van der Waals surface area contributed by atoms with Gasteiger partial charge in [-0.15, -0.1) is 0 Å². The van der Waals surface area contributed by atoms with Gasteiger partial charge in [0, 0.05) is 25.7 Å². The molecule has 2 unspecified atom stereocenters.